The van der Waals surface area contributed by atoms with Gasteiger partial charge in [0.2, 0.25) is 0 Å². The molecule has 0 amide bonds. The van der Waals surface area contributed by atoms with E-state index in [-0.39, 0.29) is 0 Å². The monoisotopic (exact) mass is 602 g/mol. The second-order valence-electron chi connectivity index (χ2n) is 12.0. The Bertz CT molecular complexity index is 1930. The first-order valence-corrected chi connectivity index (χ1v) is 16.6. The normalized spacial score (nSPS) is 11.2. The summed E-state index contributed by atoms with van der Waals surface area (Å²) in [7, 11) is 0. The Labute approximate surface area is 270 Å². The van der Waals surface area contributed by atoms with Crippen molar-refractivity contribution in [1.82, 2.24) is 0 Å². The van der Waals surface area contributed by atoms with Gasteiger partial charge in [0.25, 0.3) is 0 Å². The third-order valence-corrected chi connectivity index (χ3v) is 9.84. The maximum absolute atomic E-state index is 2.58. The second-order valence-corrected chi connectivity index (χ2v) is 13.1. The van der Waals surface area contributed by atoms with Gasteiger partial charge in [0, 0.05) is 46.4 Å². The maximum Gasteiger partial charge on any atom is 0.0624 e. The van der Waals surface area contributed by atoms with E-state index in [0.717, 1.165) is 26.2 Å². The highest BCUT2D eigenvalue weighted by molar-refractivity contribution is 7.25. The van der Waals surface area contributed by atoms with E-state index < -0.39 is 0 Å². The van der Waals surface area contributed by atoms with Crippen LogP contribution in [0.1, 0.15) is 33.4 Å². The fourth-order valence-corrected chi connectivity index (χ4v) is 7.43. The Morgan fingerprint density at radius 2 is 0.733 bits per heavy atom. The lowest BCUT2D eigenvalue weighted by molar-refractivity contribution is 0.770. The topological polar surface area (TPSA) is 6.48 Å². The molecular formula is C42H38N2S. The van der Waals surface area contributed by atoms with Crippen molar-refractivity contribution in [3.05, 3.63) is 179 Å². The number of aryl methyl sites for hydroxylation is 2. The molecule has 0 aliphatic carbocycles. The molecule has 0 saturated carbocycles. The largest absolute Gasteiger partial charge is 0.361 e. The Balaban J connectivity index is 1.45. The predicted octanol–water partition coefficient (Wildman–Crippen LogP) is 11.1. The van der Waals surface area contributed by atoms with E-state index in [1.165, 1.54) is 64.9 Å². The van der Waals surface area contributed by atoms with Gasteiger partial charge in [-0.15, -0.1) is 11.3 Å². The molecule has 6 aromatic carbocycles. The highest BCUT2D eigenvalue weighted by atomic mass is 32.1. The van der Waals surface area contributed by atoms with E-state index in [4.69, 9.17) is 0 Å². The molecule has 0 atom stereocenters. The van der Waals surface area contributed by atoms with E-state index >= 15 is 0 Å². The molecule has 7 aromatic rings. The van der Waals surface area contributed by atoms with E-state index in [9.17, 15) is 0 Å². The molecule has 3 heteroatoms. The van der Waals surface area contributed by atoms with Crippen LogP contribution in [0.5, 0.6) is 0 Å². The molecule has 0 aliphatic rings. The van der Waals surface area contributed by atoms with Crippen molar-refractivity contribution in [2.45, 2.75) is 40.0 Å². The molecule has 7 rings (SSSR count). The summed E-state index contributed by atoms with van der Waals surface area (Å²) in [5.74, 6) is 0. The standard InChI is InChI=1S/C42H38N2S/c1-31-23-37-38-25-39(43(27-33-15-7-3-8-16-33)28-34-17-9-4-10-18-34)40(26-42(38)45-41(37)24-32(31)2)44(29-35-19-11-5-12-20-35)30-36-21-13-6-14-22-36/h3-26H,27-30H2,1-2H3. The lowest BCUT2D eigenvalue weighted by atomic mass is 10.0. The van der Waals surface area contributed by atoms with Gasteiger partial charge in [-0.2, -0.15) is 0 Å². The van der Waals surface area contributed by atoms with Crippen LogP contribution in [0.4, 0.5) is 11.4 Å². The molecule has 0 N–H and O–H groups in total. The zero-order valence-corrected chi connectivity index (χ0v) is 26.8. The van der Waals surface area contributed by atoms with Gasteiger partial charge in [-0.05, 0) is 71.5 Å². The van der Waals surface area contributed by atoms with Gasteiger partial charge in [0.1, 0.15) is 0 Å². The van der Waals surface area contributed by atoms with Gasteiger partial charge < -0.3 is 9.80 Å². The fraction of sp³-hybridized carbons (Fsp3) is 0.143. The van der Waals surface area contributed by atoms with Crippen molar-refractivity contribution in [2.75, 3.05) is 9.80 Å². The van der Waals surface area contributed by atoms with Crippen molar-refractivity contribution in [3.63, 3.8) is 0 Å². The average Bonchev–Trinajstić information content (AvgIpc) is 3.41. The Hall–Kier alpha value is -4.86. The van der Waals surface area contributed by atoms with Crippen molar-refractivity contribution < 1.29 is 0 Å². The molecular weight excluding hydrogens is 565 g/mol. The number of hydrogen-bond acceptors (Lipinski definition) is 3. The number of benzene rings is 6. The molecule has 0 aliphatic heterocycles. The van der Waals surface area contributed by atoms with Crippen LogP contribution in [0.2, 0.25) is 0 Å². The number of anilines is 2. The fourth-order valence-electron chi connectivity index (χ4n) is 6.23. The van der Waals surface area contributed by atoms with Gasteiger partial charge in [-0.3, -0.25) is 0 Å². The Morgan fingerprint density at radius 3 is 1.16 bits per heavy atom. The summed E-state index contributed by atoms with van der Waals surface area (Å²) < 4.78 is 2.69. The minimum atomic E-state index is 0.818. The number of nitrogens with zero attached hydrogens (tertiary/aromatic N) is 2. The second kappa shape index (κ2) is 13.0. The molecule has 0 saturated heterocycles. The molecule has 0 unspecified atom stereocenters. The SMILES string of the molecule is Cc1cc2sc3cc(N(Cc4ccccc4)Cc4ccccc4)c(N(Cc4ccccc4)Cc4ccccc4)cc3c2cc1C. The third-order valence-electron chi connectivity index (χ3n) is 8.73. The van der Waals surface area contributed by atoms with Crippen molar-refractivity contribution in [3.8, 4) is 0 Å². The number of fused-ring (bicyclic) bond motifs is 3. The first kappa shape index (κ1) is 28.9. The first-order valence-electron chi connectivity index (χ1n) is 15.7. The highest BCUT2D eigenvalue weighted by Gasteiger charge is 2.21. The molecule has 222 valence electrons. The predicted molar refractivity (Wildman–Crippen MR) is 194 cm³/mol. The lowest BCUT2D eigenvalue weighted by Gasteiger charge is -2.33. The summed E-state index contributed by atoms with van der Waals surface area (Å²) in [5.41, 5.74) is 10.4. The summed E-state index contributed by atoms with van der Waals surface area (Å²) >= 11 is 1.91. The molecule has 0 bridgehead atoms. The average molecular weight is 603 g/mol. The Kier molecular flexibility index (Phi) is 8.35. The van der Waals surface area contributed by atoms with Crippen molar-refractivity contribution in [2.24, 2.45) is 0 Å². The summed E-state index contributed by atoms with van der Waals surface area (Å²) in [6.45, 7) is 7.73. The van der Waals surface area contributed by atoms with E-state index in [2.05, 4.69) is 169 Å². The summed E-state index contributed by atoms with van der Waals surface area (Å²) in [5, 5.41) is 2.69. The zero-order valence-electron chi connectivity index (χ0n) is 26.0. The van der Waals surface area contributed by atoms with Crippen molar-refractivity contribution >= 4 is 42.9 Å². The molecule has 1 aromatic heterocycles. The molecule has 1 heterocycles. The summed E-state index contributed by atoms with van der Waals surface area (Å²) in [6.07, 6.45) is 0. The number of thiophene rings is 1. The highest BCUT2D eigenvalue weighted by Crippen LogP contribution is 2.43. The van der Waals surface area contributed by atoms with Crippen LogP contribution in [0.3, 0.4) is 0 Å². The van der Waals surface area contributed by atoms with Crippen LogP contribution in [0, 0.1) is 13.8 Å². The van der Waals surface area contributed by atoms with Crippen LogP contribution < -0.4 is 9.80 Å². The lowest BCUT2D eigenvalue weighted by Crippen LogP contribution is -2.28. The van der Waals surface area contributed by atoms with Crippen LogP contribution >= 0.6 is 11.3 Å². The molecule has 0 fully saturated rings. The van der Waals surface area contributed by atoms with Crippen LogP contribution in [0.25, 0.3) is 20.2 Å². The first-order chi connectivity index (χ1) is 22.1. The minimum Gasteiger partial charge on any atom is -0.361 e. The maximum atomic E-state index is 2.58. The van der Waals surface area contributed by atoms with E-state index in [0.29, 0.717) is 0 Å². The van der Waals surface area contributed by atoms with Gasteiger partial charge in [0.15, 0.2) is 0 Å². The smallest absolute Gasteiger partial charge is 0.0624 e. The van der Waals surface area contributed by atoms with Crippen molar-refractivity contribution in [1.29, 1.82) is 0 Å². The van der Waals surface area contributed by atoms with E-state index in [1.54, 1.807) is 0 Å². The van der Waals surface area contributed by atoms with Gasteiger partial charge in [-0.1, -0.05) is 121 Å². The van der Waals surface area contributed by atoms with Gasteiger partial charge in [-0.25, -0.2) is 0 Å². The number of rotatable bonds is 10. The summed E-state index contributed by atoms with van der Waals surface area (Å²) in [4.78, 5) is 5.15. The quantitative estimate of drug-likeness (QED) is 0.154. The summed E-state index contributed by atoms with van der Waals surface area (Å²) in [6, 6.07) is 53.2. The van der Waals surface area contributed by atoms with Crippen LogP contribution in [-0.4, -0.2) is 0 Å². The molecule has 0 radical (unpaired) electrons. The van der Waals surface area contributed by atoms with Crippen LogP contribution in [-0.2, 0) is 26.2 Å². The minimum absolute atomic E-state index is 0.818. The Morgan fingerprint density at radius 1 is 0.400 bits per heavy atom. The van der Waals surface area contributed by atoms with Crippen LogP contribution in [0.15, 0.2) is 146 Å². The number of hydrogen-bond donors (Lipinski definition) is 0. The molecule has 0 spiro atoms. The van der Waals surface area contributed by atoms with E-state index in [1.807, 2.05) is 11.3 Å². The zero-order chi connectivity index (χ0) is 30.6. The third kappa shape index (κ3) is 6.50. The molecule has 2 nitrogen and oxygen atoms in total. The molecule has 45 heavy (non-hydrogen) atoms. The van der Waals surface area contributed by atoms with Gasteiger partial charge in [0.05, 0.1) is 11.4 Å². The van der Waals surface area contributed by atoms with Gasteiger partial charge >= 0.3 is 0 Å².